The molecule has 94 valence electrons. The number of nitrogens with one attached hydrogen (secondary N) is 2. The van der Waals surface area contributed by atoms with Crippen molar-refractivity contribution in [2.45, 2.75) is 57.5 Å². The Morgan fingerprint density at radius 3 is 2.44 bits per heavy atom. The molecule has 0 bridgehead atoms. The molecule has 4 heteroatoms. The molecule has 0 aromatic carbocycles. The van der Waals surface area contributed by atoms with Crippen LogP contribution in [0.3, 0.4) is 0 Å². The van der Waals surface area contributed by atoms with Gasteiger partial charge >= 0.3 is 0 Å². The Morgan fingerprint density at radius 2 is 2.06 bits per heavy atom. The van der Waals surface area contributed by atoms with Crippen LogP contribution in [-0.4, -0.2) is 35.2 Å². The van der Waals surface area contributed by atoms with Gasteiger partial charge in [0.2, 0.25) is 5.91 Å². The van der Waals surface area contributed by atoms with E-state index in [1.165, 1.54) is 0 Å². The molecule has 0 atom stereocenters. The number of carbonyl (C=O) groups is 1. The molecule has 0 unspecified atom stereocenters. The molecule has 1 amide bonds. The summed E-state index contributed by atoms with van der Waals surface area (Å²) in [7, 11) is 0. The second kappa shape index (κ2) is 5.15. The zero-order chi connectivity index (χ0) is 12.2. The van der Waals surface area contributed by atoms with Crippen LogP contribution in [0.25, 0.3) is 0 Å². The first-order valence-electron chi connectivity index (χ1n) is 6.10. The lowest BCUT2D eigenvalue weighted by atomic mass is 9.77. The molecule has 1 aliphatic carbocycles. The van der Waals surface area contributed by atoms with Crippen molar-refractivity contribution in [2.75, 3.05) is 13.2 Å². The molecule has 0 aromatic heterocycles. The zero-order valence-electron chi connectivity index (χ0n) is 10.6. The van der Waals surface area contributed by atoms with E-state index >= 15 is 0 Å². The highest BCUT2D eigenvalue weighted by Gasteiger charge is 2.36. The summed E-state index contributed by atoms with van der Waals surface area (Å²) in [5, 5.41) is 15.4. The fourth-order valence-electron chi connectivity index (χ4n) is 1.77. The Labute approximate surface area is 97.8 Å². The number of hydrogen-bond donors (Lipinski definition) is 3. The van der Waals surface area contributed by atoms with E-state index in [1.807, 2.05) is 13.8 Å². The summed E-state index contributed by atoms with van der Waals surface area (Å²) in [5.74, 6) is 0.00609. The van der Waals surface area contributed by atoms with Gasteiger partial charge in [-0.2, -0.15) is 0 Å². The Balaban J connectivity index is 2.30. The third-order valence-electron chi connectivity index (χ3n) is 3.60. The van der Waals surface area contributed by atoms with Crippen LogP contribution in [0.5, 0.6) is 0 Å². The van der Waals surface area contributed by atoms with Crippen LogP contribution in [0, 0.1) is 0 Å². The molecule has 0 saturated heterocycles. The first-order chi connectivity index (χ1) is 7.43. The molecule has 1 rings (SSSR count). The fraction of sp³-hybridized carbons (Fsp3) is 0.917. The minimum absolute atomic E-state index is 0.00609. The highest BCUT2D eigenvalue weighted by atomic mass is 16.3. The number of aliphatic hydroxyl groups excluding tert-OH is 1. The van der Waals surface area contributed by atoms with Gasteiger partial charge in [-0.05, 0) is 39.5 Å². The van der Waals surface area contributed by atoms with Crippen LogP contribution >= 0.6 is 0 Å². The number of rotatable bonds is 6. The van der Waals surface area contributed by atoms with Crippen molar-refractivity contribution in [3.05, 3.63) is 0 Å². The first kappa shape index (κ1) is 13.5. The lowest BCUT2D eigenvalue weighted by molar-refractivity contribution is -0.122. The van der Waals surface area contributed by atoms with E-state index < -0.39 is 0 Å². The zero-order valence-corrected chi connectivity index (χ0v) is 10.6. The van der Waals surface area contributed by atoms with Crippen LogP contribution in [0.15, 0.2) is 0 Å². The average Bonchev–Trinajstić information content (AvgIpc) is 2.16. The molecule has 0 spiro atoms. The highest BCUT2D eigenvalue weighted by molar-refractivity contribution is 5.78. The SMILES string of the molecule is CCC(C)(C)NC(=O)CNC1(CO)CCC1. The number of carbonyl (C=O) groups excluding carboxylic acids is 1. The van der Waals surface area contributed by atoms with Gasteiger partial charge in [-0.1, -0.05) is 6.92 Å². The minimum Gasteiger partial charge on any atom is -0.394 e. The Kier molecular flexibility index (Phi) is 4.33. The smallest absolute Gasteiger partial charge is 0.234 e. The maximum atomic E-state index is 11.7. The largest absolute Gasteiger partial charge is 0.394 e. The normalized spacial score (nSPS) is 19.0. The van der Waals surface area contributed by atoms with Gasteiger partial charge in [0.1, 0.15) is 0 Å². The van der Waals surface area contributed by atoms with Gasteiger partial charge < -0.3 is 15.7 Å². The van der Waals surface area contributed by atoms with Crippen molar-refractivity contribution < 1.29 is 9.90 Å². The van der Waals surface area contributed by atoms with Gasteiger partial charge in [0.15, 0.2) is 0 Å². The summed E-state index contributed by atoms with van der Waals surface area (Å²) in [4.78, 5) is 11.7. The summed E-state index contributed by atoms with van der Waals surface area (Å²) in [6, 6.07) is 0. The minimum atomic E-state index is -0.187. The molecule has 1 aliphatic rings. The van der Waals surface area contributed by atoms with E-state index in [2.05, 4.69) is 17.6 Å². The molecule has 3 N–H and O–H groups in total. The van der Waals surface area contributed by atoms with Gasteiger partial charge in [-0.15, -0.1) is 0 Å². The Morgan fingerprint density at radius 1 is 1.44 bits per heavy atom. The van der Waals surface area contributed by atoms with E-state index in [0.29, 0.717) is 6.54 Å². The first-order valence-corrected chi connectivity index (χ1v) is 6.10. The molecule has 0 aromatic rings. The van der Waals surface area contributed by atoms with E-state index in [-0.39, 0.29) is 23.6 Å². The predicted molar refractivity (Wildman–Crippen MR) is 64.2 cm³/mol. The van der Waals surface area contributed by atoms with Crippen molar-refractivity contribution in [3.63, 3.8) is 0 Å². The van der Waals surface area contributed by atoms with Crippen LogP contribution < -0.4 is 10.6 Å². The number of amides is 1. The van der Waals surface area contributed by atoms with Crippen molar-refractivity contribution in [2.24, 2.45) is 0 Å². The third-order valence-corrected chi connectivity index (χ3v) is 3.60. The summed E-state index contributed by atoms with van der Waals surface area (Å²) in [5.41, 5.74) is -0.335. The monoisotopic (exact) mass is 228 g/mol. The lowest BCUT2D eigenvalue weighted by Gasteiger charge is -2.41. The second-order valence-corrected chi connectivity index (χ2v) is 5.43. The van der Waals surface area contributed by atoms with Crippen LogP contribution in [0.1, 0.15) is 46.5 Å². The van der Waals surface area contributed by atoms with Crippen molar-refractivity contribution in [1.29, 1.82) is 0 Å². The number of hydrogen-bond acceptors (Lipinski definition) is 3. The third kappa shape index (κ3) is 3.46. The fourth-order valence-corrected chi connectivity index (χ4v) is 1.77. The summed E-state index contributed by atoms with van der Waals surface area (Å²) in [6.07, 6.45) is 3.97. The molecule has 1 saturated carbocycles. The Hall–Kier alpha value is -0.610. The van der Waals surface area contributed by atoms with Crippen molar-refractivity contribution in [3.8, 4) is 0 Å². The molecular weight excluding hydrogens is 204 g/mol. The van der Waals surface area contributed by atoms with Crippen LogP contribution in [0.2, 0.25) is 0 Å². The highest BCUT2D eigenvalue weighted by Crippen LogP contribution is 2.30. The van der Waals surface area contributed by atoms with Gasteiger partial charge in [0, 0.05) is 11.1 Å². The topological polar surface area (TPSA) is 61.4 Å². The maximum absolute atomic E-state index is 11.7. The molecule has 0 aliphatic heterocycles. The van der Waals surface area contributed by atoms with Crippen molar-refractivity contribution >= 4 is 5.91 Å². The Bertz CT molecular complexity index is 242. The van der Waals surface area contributed by atoms with Gasteiger partial charge in [-0.3, -0.25) is 4.79 Å². The van der Waals surface area contributed by atoms with E-state index in [4.69, 9.17) is 0 Å². The molecular formula is C12H24N2O2. The molecule has 1 fully saturated rings. The van der Waals surface area contributed by atoms with Gasteiger partial charge in [0.05, 0.1) is 13.2 Å². The van der Waals surface area contributed by atoms with Crippen molar-refractivity contribution in [1.82, 2.24) is 10.6 Å². The van der Waals surface area contributed by atoms with E-state index in [0.717, 1.165) is 25.7 Å². The summed E-state index contributed by atoms with van der Waals surface area (Å²) < 4.78 is 0. The summed E-state index contributed by atoms with van der Waals surface area (Å²) >= 11 is 0. The second-order valence-electron chi connectivity index (χ2n) is 5.43. The number of aliphatic hydroxyl groups is 1. The van der Waals surface area contributed by atoms with Crippen LogP contribution in [-0.2, 0) is 4.79 Å². The summed E-state index contributed by atoms with van der Waals surface area (Å²) in [6.45, 7) is 6.49. The van der Waals surface area contributed by atoms with Gasteiger partial charge in [0.25, 0.3) is 0 Å². The predicted octanol–water partition coefficient (Wildman–Crippen LogP) is 0.796. The molecule has 4 nitrogen and oxygen atoms in total. The molecule has 16 heavy (non-hydrogen) atoms. The standard InChI is InChI=1S/C12H24N2O2/c1-4-11(2,3)14-10(16)8-13-12(9-15)6-5-7-12/h13,15H,4-9H2,1-3H3,(H,14,16). The van der Waals surface area contributed by atoms with Gasteiger partial charge in [-0.25, -0.2) is 0 Å². The molecule has 0 heterocycles. The lowest BCUT2D eigenvalue weighted by Crippen LogP contribution is -2.57. The van der Waals surface area contributed by atoms with E-state index in [1.54, 1.807) is 0 Å². The van der Waals surface area contributed by atoms with E-state index in [9.17, 15) is 9.90 Å². The quantitative estimate of drug-likeness (QED) is 0.630. The maximum Gasteiger partial charge on any atom is 0.234 e. The molecule has 0 radical (unpaired) electrons. The average molecular weight is 228 g/mol. The van der Waals surface area contributed by atoms with Crippen LogP contribution in [0.4, 0.5) is 0 Å².